The molecule has 2 aliphatic rings. The summed E-state index contributed by atoms with van der Waals surface area (Å²) in [6, 6.07) is 21.3. The van der Waals surface area contributed by atoms with Crippen LogP contribution in [0.1, 0.15) is 58.4 Å². The summed E-state index contributed by atoms with van der Waals surface area (Å²) in [5.74, 6) is -0.360. The van der Waals surface area contributed by atoms with Gasteiger partial charge in [0, 0.05) is 36.1 Å². The van der Waals surface area contributed by atoms with Gasteiger partial charge in [0.05, 0.1) is 5.60 Å². The summed E-state index contributed by atoms with van der Waals surface area (Å²) in [7, 11) is 0. The highest BCUT2D eigenvalue weighted by Crippen LogP contribution is 2.33. The number of nitrogens with zero attached hydrogens (tertiary/aromatic N) is 2. The molecule has 2 aliphatic heterocycles. The van der Waals surface area contributed by atoms with Gasteiger partial charge < -0.3 is 10.0 Å². The van der Waals surface area contributed by atoms with Crippen LogP contribution >= 0.6 is 0 Å². The lowest BCUT2D eigenvalue weighted by molar-refractivity contribution is -0.0261. The summed E-state index contributed by atoms with van der Waals surface area (Å²) in [5, 5.41) is 12.7. The predicted molar refractivity (Wildman–Crippen MR) is 129 cm³/mol. The zero-order chi connectivity index (χ0) is 22.8. The SMILES string of the molecule is O=C1c2cccc3cccc(c23)C(=O)N1CCCCCN1CCC(O)(c2ccccc2)CC1. The highest BCUT2D eigenvalue weighted by atomic mass is 16.3. The van der Waals surface area contributed by atoms with E-state index in [1.165, 1.54) is 4.90 Å². The third kappa shape index (κ3) is 4.19. The third-order valence-corrected chi connectivity index (χ3v) is 7.21. The molecule has 0 aromatic heterocycles. The smallest absolute Gasteiger partial charge is 0.261 e. The fourth-order valence-corrected chi connectivity index (χ4v) is 5.25. The molecule has 5 heteroatoms. The molecule has 2 heterocycles. The molecule has 33 heavy (non-hydrogen) atoms. The standard InChI is InChI=1S/C28H30N2O3/c31-26-23-13-7-9-21-10-8-14-24(25(21)23)27(32)30(26)18-6-2-5-17-29-19-15-28(33,16-20-29)22-11-3-1-4-12-22/h1,3-4,7-14,33H,2,5-6,15-20H2. The Hall–Kier alpha value is -3.02. The van der Waals surface area contributed by atoms with Gasteiger partial charge in [-0.2, -0.15) is 0 Å². The average molecular weight is 443 g/mol. The van der Waals surface area contributed by atoms with Crippen molar-refractivity contribution in [2.45, 2.75) is 37.7 Å². The summed E-state index contributed by atoms with van der Waals surface area (Å²) in [6.45, 7) is 3.20. The van der Waals surface area contributed by atoms with Crippen molar-refractivity contribution in [2.24, 2.45) is 0 Å². The van der Waals surface area contributed by atoms with Crippen molar-refractivity contribution in [3.8, 4) is 0 Å². The number of benzene rings is 3. The maximum Gasteiger partial charge on any atom is 0.261 e. The first kappa shape index (κ1) is 21.8. The topological polar surface area (TPSA) is 60.9 Å². The molecule has 0 spiro atoms. The van der Waals surface area contributed by atoms with Gasteiger partial charge in [0.15, 0.2) is 0 Å². The second kappa shape index (κ2) is 9.08. The van der Waals surface area contributed by atoms with Gasteiger partial charge in [-0.1, -0.05) is 61.0 Å². The number of hydrogen-bond donors (Lipinski definition) is 1. The number of piperidine rings is 1. The van der Waals surface area contributed by atoms with Crippen LogP contribution in [-0.4, -0.2) is 52.9 Å². The monoisotopic (exact) mass is 442 g/mol. The van der Waals surface area contributed by atoms with Crippen molar-refractivity contribution < 1.29 is 14.7 Å². The first-order chi connectivity index (χ1) is 16.1. The lowest BCUT2D eigenvalue weighted by Crippen LogP contribution is -2.43. The van der Waals surface area contributed by atoms with Crippen LogP contribution in [0.15, 0.2) is 66.7 Å². The Bertz CT molecular complexity index is 1120. The van der Waals surface area contributed by atoms with E-state index in [9.17, 15) is 14.7 Å². The lowest BCUT2D eigenvalue weighted by atomic mass is 9.84. The van der Waals surface area contributed by atoms with Gasteiger partial charge in [-0.25, -0.2) is 0 Å². The van der Waals surface area contributed by atoms with Crippen LogP contribution in [0.5, 0.6) is 0 Å². The molecule has 170 valence electrons. The van der Waals surface area contributed by atoms with Crippen LogP contribution in [0.3, 0.4) is 0 Å². The summed E-state index contributed by atoms with van der Waals surface area (Å²) in [5.41, 5.74) is 1.55. The molecule has 0 unspecified atom stereocenters. The Labute approximate surface area is 194 Å². The van der Waals surface area contributed by atoms with E-state index < -0.39 is 5.60 Å². The van der Waals surface area contributed by atoms with Crippen molar-refractivity contribution >= 4 is 22.6 Å². The van der Waals surface area contributed by atoms with Crippen LogP contribution < -0.4 is 0 Å². The fourth-order valence-electron chi connectivity index (χ4n) is 5.25. The van der Waals surface area contributed by atoms with Gasteiger partial charge in [0.25, 0.3) is 11.8 Å². The molecule has 1 N–H and O–H groups in total. The number of carbonyl (C=O) groups is 2. The molecule has 0 atom stereocenters. The highest BCUT2D eigenvalue weighted by Gasteiger charge is 2.34. The Morgan fingerprint density at radius 1 is 0.727 bits per heavy atom. The molecule has 3 aromatic rings. The van der Waals surface area contributed by atoms with Gasteiger partial charge in [0.1, 0.15) is 0 Å². The number of rotatable bonds is 7. The molecular weight excluding hydrogens is 412 g/mol. The van der Waals surface area contributed by atoms with E-state index in [2.05, 4.69) is 4.90 Å². The molecule has 5 nitrogen and oxygen atoms in total. The van der Waals surface area contributed by atoms with E-state index in [0.717, 1.165) is 68.1 Å². The van der Waals surface area contributed by atoms with E-state index in [1.54, 1.807) is 0 Å². The quantitative estimate of drug-likeness (QED) is 0.429. The maximum atomic E-state index is 13.0. The fraction of sp³-hybridized carbons (Fsp3) is 0.357. The van der Waals surface area contributed by atoms with Gasteiger partial charge in [-0.05, 0) is 55.3 Å². The number of likely N-dealkylation sites (tertiary alicyclic amines) is 1. The molecule has 5 rings (SSSR count). The largest absolute Gasteiger partial charge is 0.385 e. The molecule has 0 bridgehead atoms. The maximum absolute atomic E-state index is 13.0. The lowest BCUT2D eigenvalue weighted by Gasteiger charge is -2.38. The minimum atomic E-state index is -0.716. The first-order valence-corrected chi connectivity index (χ1v) is 11.9. The molecule has 0 radical (unpaired) electrons. The molecular formula is C28H30N2O3. The van der Waals surface area contributed by atoms with Crippen molar-refractivity contribution in [3.05, 3.63) is 83.4 Å². The van der Waals surface area contributed by atoms with Crippen molar-refractivity contribution in [1.82, 2.24) is 9.80 Å². The van der Waals surface area contributed by atoms with E-state index in [-0.39, 0.29) is 11.8 Å². The number of aliphatic hydroxyl groups is 1. The molecule has 2 amide bonds. The van der Waals surface area contributed by atoms with Crippen LogP contribution in [-0.2, 0) is 5.60 Å². The van der Waals surface area contributed by atoms with Crippen LogP contribution in [0.25, 0.3) is 10.8 Å². The van der Waals surface area contributed by atoms with E-state index in [1.807, 2.05) is 66.7 Å². The summed E-state index contributed by atoms with van der Waals surface area (Å²) in [4.78, 5) is 29.8. The number of hydrogen-bond acceptors (Lipinski definition) is 4. The van der Waals surface area contributed by atoms with Crippen LogP contribution in [0.2, 0.25) is 0 Å². The number of carbonyl (C=O) groups excluding carboxylic acids is 2. The van der Waals surface area contributed by atoms with Gasteiger partial charge in [0.2, 0.25) is 0 Å². The van der Waals surface area contributed by atoms with Crippen molar-refractivity contribution in [1.29, 1.82) is 0 Å². The number of amides is 2. The van der Waals surface area contributed by atoms with Gasteiger partial charge >= 0.3 is 0 Å². The van der Waals surface area contributed by atoms with Gasteiger partial charge in [-0.3, -0.25) is 14.5 Å². The Kier molecular flexibility index (Phi) is 6.00. The normalized spacial score (nSPS) is 18.2. The number of imide groups is 1. The average Bonchev–Trinajstić information content (AvgIpc) is 2.86. The second-order valence-corrected chi connectivity index (χ2v) is 9.27. The van der Waals surface area contributed by atoms with Crippen molar-refractivity contribution in [3.63, 3.8) is 0 Å². The third-order valence-electron chi connectivity index (χ3n) is 7.21. The zero-order valence-electron chi connectivity index (χ0n) is 18.9. The van der Waals surface area contributed by atoms with Crippen LogP contribution in [0.4, 0.5) is 0 Å². The Balaban J connectivity index is 1.10. The number of unbranched alkanes of at least 4 members (excludes halogenated alkanes) is 2. The highest BCUT2D eigenvalue weighted by molar-refractivity contribution is 6.25. The molecule has 0 saturated carbocycles. The summed E-state index contributed by atoms with van der Waals surface area (Å²) < 4.78 is 0. The Morgan fingerprint density at radius 3 is 1.97 bits per heavy atom. The molecule has 1 saturated heterocycles. The first-order valence-electron chi connectivity index (χ1n) is 11.9. The second-order valence-electron chi connectivity index (χ2n) is 9.27. The molecule has 0 aliphatic carbocycles. The zero-order valence-corrected chi connectivity index (χ0v) is 18.9. The van der Waals surface area contributed by atoms with Gasteiger partial charge in [-0.15, -0.1) is 0 Å². The predicted octanol–water partition coefficient (Wildman–Crippen LogP) is 4.59. The molecule has 1 fully saturated rings. The minimum absolute atomic E-state index is 0.180. The summed E-state index contributed by atoms with van der Waals surface area (Å²) >= 11 is 0. The Morgan fingerprint density at radius 2 is 1.33 bits per heavy atom. The minimum Gasteiger partial charge on any atom is -0.385 e. The van der Waals surface area contributed by atoms with E-state index in [4.69, 9.17) is 0 Å². The molecule has 3 aromatic carbocycles. The van der Waals surface area contributed by atoms with Crippen molar-refractivity contribution in [2.75, 3.05) is 26.2 Å². The summed E-state index contributed by atoms with van der Waals surface area (Å²) in [6.07, 6.45) is 4.28. The van der Waals surface area contributed by atoms with Crippen LogP contribution in [0, 0.1) is 0 Å². The van der Waals surface area contributed by atoms with E-state index in [0.29, 0.717) is 17.7 Å². The van der Waals surface area contributed by atoms with E-state index >= 15 is 0 Å².